The lowest BCUT2D eigenvalue weighted by molar-refractivity contribution is -0.384. The fourth-order valence-electron chi connectivity index (χ4n) is 6.12. The van der Waals surface area contributed by atoms with Crippen molar-refractivity contribution in [2.75, 3.05) is 5.32 Å². The summed E-state index contributed by atoms with van der Waals surface area (Å²) < 4.78 is 0. The van der Waals surface area contributed by atoms with Gasteiger partial charge in [0.25, 0.3) is 5.69 Å². The predicted molar refractivity (Wildman–Crippen MR) is 119 cm³/mol. The molecule has 1 atom stereocenters. The average molecular weight is 463 g/mol. The van der Waals surface area contributed by atoms with Crippen molar-refractivity contribution in [3.05, 3.63) is 33.3 Å². The van der Waals surface area contributed by atoms with Gasteiger partial charge in [-0.05, 0) is 68.4 Å². The number of nitro benzene ring substituents is 1. The smallest absolute Gasteiger partial charge is 0.289 e. The Bertz CT molecular complexity index is 962. The van der Waals surface area contributed by atoms with Gasteiger partial charge in [-0.2, -0.15) is 0 Å². The summed E-state index contributed by atoms with van der Waals surface area (Å²) in [6.45, 7) is 0. The Morgan fingerprint density at radius 3 is 2.52 bits per heavy atom. The second kappa shape index (κ2) is 7.78. The Hall–Kier alpha value is -2.13. The van der Waals surface area contributed by atoms with Crippen LogP contribution in [0.1, 0.15) is 44.9 Å². The van der Waals surface area contributed by atoms with Gasteiger partial charge in [0.1, 0.15) is 10.3 Å². The molecular weight excluding hydrogens is 440 g/mol. The molecule has 5 aliphatic rings. The molecule has 1 aliphatic heterocycles. The summed E-state index contributed by atoms with van der Waals surface area (Å²) in [4.78, 5) is 40.3. The molecule has 1 unspecified atom stereocenters. The summed E-state index contributed by atoms with van der Waals surface area (Å²) in [7, 11) is 0. The molecule has 4 saturated carbocycles. The monoisotopic (exact) mass is 462 g/mol. The number of nitrogens with one attached hydrogen (secondary N) is 2. The van der Waals surface area contributed by atoms with Crippen molar-refractivity contribution in [1.82, 2.24) is 5.32 Å². The highest BCUT2D eigenvalue weighted by atomic mass is 35.5. The number of rotatable bonds is 5. The van der Waals surface area contributed by atoms with E-state index in [0.29, 0.717) is 5.17 Å². The molecule has 10 heteroatoms. The maximum absolute atomic E-state index is 12.4. The lowest BCUT2D eigenvalue weighted by Crippen LogP contribution is -2.50. The fourth-order valence-corrected chi connectivity index (χ4v) is 7.38. The summed E-state index contributed by atoms with van der Waals surface area (Å²) in [6.07, 6.45) is 7.28. The van der Waals surface area contributed by atoms with E-state index in [0.717, 1.165) is 37.0 Å². The molecular formula is C21H23ClN4O4S. The number of halogens is 1. The van der Waals surface area contributed by atoms with Gasteiger partial charge in [0, 0.05) is 18.2 Å². The number of nitro groups is 1. The SMILES string of the molecule is O=C(CC1SC(=NC23CC4CC(CC(C4)C2)C3)NC1=O)Nc1ccc(Cl)c([N+](=O)[O-])c1. The van der Waals surface area contributed by atoms with Gasteiger partial charge in [-0.1, -0.05) is 23.4 Å². The predicted octanol–water partition coefficient (Wildman–Crippen LogP) is 4.13. The van der Waals surface area contributed by atoms with E-state index in [2.05, 4.69) is 10.6 Å². The molecule has 2 amide bonds. The van der Waals surface area contributed by atoms with Crippen LogP contribution in [0, 0.1) is 27.9 Å². The zero-order chi connectivity index (χ0) is 21.8. The number of benzene rings is 1. The number of nitrogens with zero attached hydrogens (tertiary/aromatic N) is 2. The van der Waals surface area contributed by atoms with E-state index in [9.17, 15) is 19.7 Å². The molecule has 4 bridgehead atoms. The molecule has 0 aromatic heterocycles. The lowest BCUT2D eigenvalue weighted by Gasteiger charge is -2.55. The molecule has 5 fully saturated rings. The average Bonchev–Trinajstić information content (AvgIpc) is 2.99. The van der Waals surface area contributed by atoms with Gasteiger partial charge >= 0.3 is 0 Å². The van der Waals surface area contributed by atoms with Crippen LogP contribution in [0.25, 0.3) is 0 Å². The Balaban J connectivity index is 1.23. The Morgan fingerprint density at radius 2 is 1.90 bits per heavy atom. The third-order valence-corrected chi connectivity index (χ3v) is 8.32. The van der Waals surface area contributed by atoms with Crippen molar-refractivity contribution in [3.63, 3.8) is 0 Å². The Morgan fingerprint density at radius 1 is 1.26 bits per heavy atom. The number of carbonyl (C=O) groups excluding carboxylic acids is 2. The van der Waals surface area contributed by atoms with Crippen LogP contribution in [0.2, 0.25) is 5.02 Å². The van der Waals surface area contributed by atoms with Gasteiger partial charge < -0.3 is 10.6 Å². The number of carbonyl (C=O) groups is 2. The number of hydrogen-bond acceptors (Lipinski definition) is 6. The first-order valence-corrected chi connectivity index (χ1v) is 11.9. The van der Waals surface area contributed by atoms with Gasteiger partial charge in [-0.25, -0.2) is 0 Å². The highest BCUT2D eigenvalue weighted by Gasteiger charge is 2.51. The molecule has 0 radical (unpaired) electrons. The second-order valence-electron chi connectivity index (χ2n) is 9.33. The van der Waals surface area contributed by atoms with Crippen molar-refractivity contribution in [2.24, 2.45) is 22.7 Å². The highest BCUT2D eigenvalue weighted by molar-refractivity contribution is 8.15. The van der Waals surface area contributed by atoms with Crippen molar-refractivity contribution in [1.29, 1.82) is 0 Å². The van der Waals surface area contributed by atoms with E-state index in [1.54, 1.807) is 0 Å². The zero-order valence-electron chi connectivity index (χ0n) is 16.8. The van der Waals surface area contributed by atoms with Crippen molar-refractivity contribution >= 4 is 51.7 Å². The zero-order valence-corrected chi connectivity index (χ0v) is 18.4. The normalized spacial score (nSPS) is 34.7. The van der Waals surface area contributed by atoms with Crippen LogP contribution < -0.4 is 10.6 Å². The number of amides is 2. The van der Waals surface area contributed by atoms with Gasteiger partial charge in [0.2, 0.25) is 11.8 Å². The van der Waals surface area contributed by atoms with Crippen molar-refractivity contribution in [2.45, 2.75) is 55.7 Å². The van der Waals surface area contributed by atoms with Crippen LogP contribution in [-0.4, -0.2) is 32.7 Å². The van der Waals surface area contributed by atoms with Crippen molar-refractivity contribution < 1.29 is 14.5 Å². The fraction of sp³-hybridized carbons (Fsp3) is 0.571. The summed E-state index contributed by atoms with van der Waals surface area (Å²) in [5.74, 6) is 1.69. The minimum atomic E-state index is -0.606. The molecule has 0 spiro atoms. The van der Waals surface area contributed by atoms with E-state index < -0.39 is 10.2 Å². The first-order valence-electron chi connectivity index (χ1n) is 10.6. The molecule has 6 rings (SSSR count). The van der Waals surface area contributed by atoms with Gasteiger partial charge in [-0.3, -0.25) is 24.7 Å². The molecule has 2 N–H and O–H groups in total. The van der Waals surface area contributed by atoms with E-state index in [-0.39, 0.29) is 40.2 Å². The van der Waals surface area contributed by atoms with Crippen LogP contribution in [0.5, 0.6) is 0 Å². The number of hydrogen-bond donors (Lipinski definition) is 2. The maximum Gasteiger partial charge on any atom is 0.289 e. The molecule has 1 heterocycles. The summed E-state index contributed by atoms with van der Waals surface area (Å²) >= 11 is 7.12. The maximum atomic E-state index is 12.4. The van der Waals surface area contributed by atoms with E-state index in [1.165, 1.54) is 49.2 Å². The molecule has 4 aliphatic carbocycles. The van der Waals surface area contributed by atoms with E-state index in [1.807, 2.05) is 0 Å². The molecule has 8 nitrogen and oxygen atoms in total. The third kappa shape index (κ3) is 4.17. The third-order valence-electron chi connectivity index (χ3n) is 6.92. The van der Waals surface area contributed by atoms with E-state index >= 15 is 0 Å². The number of aliphatic imine (C=N–C) groups is 1. The van der Waals surface area contributed by atoms with Crippen LogP contribution in [0.3, 0.4) is 0 Å². The standard InChI is InChI=1S/C21H23ClN4O4S/c22-15-2-1-14(6-16(15)26(29)30)23-18(27)7-17-19(28)24-20(31-17)25-21-8-11-3-12(9-21)5-13(4-11)10-21/h1-2,6,11-13,17H,3-5,7-10H2,(H,23,27)(H,24,25,28). The quantitative estimate of drug-likeness (QED) is 0.504. The largest absolute Gasteiger partial charge is 0.326 e. The van der Waals surface area contributed by atoms with Gasteiger partial charge in [0.15, 0.2) is 5.17 Å². The summed E-state index contributed by atoms with van der Waals surface area (Å²) in [5, 5.41) is 16.6. The molecule has 164 valence electrons. The number of anilines is 1. The summed E-state index contributed by atoms with van der Waals surface area (Å²) in [5.41, 5.74) is -0.0478. The molecule has 1 aromatic rings. The minimum Gasteiger partial charge on any atom is -0.326 e. The topological polar surface area (TPSA) is 114 Å². The first-order chi connectivity index (χ1) is 14.8. The van der Waals surface area contributed by atoms with Crippen LogP contribution >= 0.6 is 23.4 Å². The highest BCUT2D eigenvalue weighted by Crippen LogP contribution is 2.57. The second-order valence-corrected chi connectivity index (χ2v) is 10.9. The minimum absolute atomic E-state index is 0.000690. The number of amidine groups is 1. The molecule has 1 aromatic carbocycles. The molecule has 31 heavy (non-hydrogen) atoms. The Labute approximate surface area is 188 Å². The van der Waals surface area contributed by atoms with Crippen LogP contribution in [0.4, 0.5) is 11.4 Å². The van der Waals surface area contributed by atoms with Crippen LogP contribution in [0.15, 0.2) is 23.2 Å². The molecule has 1 saturated heterocycles. The Kier molecular flexibility index (Phi) is 5.21. The van der Waals surface area contributed by atoms with Crippen LogP contribution in [-0.2, 0) is 9.59 Å². The van der Waals surface area contributed by atoms with Crippen molar-refractivity contribution in [3.8, 4) is 0 Å². The van der Waals surface area contributed by atoms with E-state index in [4.69, 9.17) is 16.6 Å². The van der Waals surface area contributed by atoms with Gasteiger partial charge in [-0.15, -0.1) is 0 Å². The number of thioether (sulfide) groups is 1. The first kappa shape index (κ1) is 20.8. The summed E-state index contributed by atoms with van der Waals surface area (Å²) in [6, 6.07) is 4.07. The van der Waals surface area contributed by atoms with Gasteiger partial charge in [0.05, 0.1) is 10.5 Å². The lowest BCUT2D eigenvalue weighted by atomic mass is 9.53.